The molecule has 2 aromatic carbocycles. The molecule has 0 aliphatic carbocycles. The lowest BCUT2D eigenvalue weighted by molar-refractivity contribution is 0.585. The summed E-state index contributed by atoms with van der Waals surface area (Å²) < 4.78 is 29.0. The van der Waals surface area contributed by atoms with E-state index < -0.39 is 11.6 Å². The topological polar surface area (TPSA) is 29.9 Å². The number of hydrogen-bond donors (Lipinski definition) is 1. The number of nitrogens with zero attached hydrogens (tertiary/aromatic N) is 2. The molecule has 1 N–H and O–H groups in total. The molecule has 3 aromatic rings. The second-order valence-corrected chi connectivity index (χ2v) is 5.80. The quantitative estimate of drug-likeness (QED) is 0.752. The van der Waals surface area contributed by atoms with Crippen molar-refractivity contribution in [2.24, 2.45) is 0 Å². The third-order valence-corrected chi connectivity index (χ3v) is 4.13. The number of anilines is 1. The minimum absolute atomic E-state index is 0.298. The Labute approximate surface area is 136 Å². The number of aromatic nitrogens is 2. The average molecular weight is 332 g/mol. The molecule has 1 aliphatic rings. The van der Waals surface area contributed by atoms with E-state index in [1.54, 1.807) is 16.8 Å². The first-order valence-corrected chi connectivity index (χ1v) is 7.58. The van der Waals surface area contributed by atoms with Crippen molar-refractivity contribution in [3.8, 4) is 16.9 Å². The number of halogens is 3. The van der Waals surface area contributed by atoms with Gasteiger partial charge in [0.1, 0.15) is 23.1 Å². The Morgan fingerprint density at radius 2 is 2.00 bits per heavy atom. The van der Waals surface area contributed by atoms with Crippen molar-refractivity contribution in [2.45, 2.75) is 6.42 Å². The SMILES string of the molecule is Fc1ccc(-c2nn(-c3cccc(Cl)c3)c3c2CCN3)c(F)c1. The molecular weight excluding hydrogens is 320 g/mol. The van der Waals surface area contributed by atoms with E-state index in [2.05, 4.69) is 10.4 Å². The molecule has 0 atom stereocenters. The molecule has 1 aromatic heterocycles. The number of rotatable bonds is 2. The number of nitrogens with one attached hydrogen (secondary N) is 1. The maximum Gasteiger partial charge on any atom is 0.135 e. The van der Waals surface area contributed by atoms with Gasteiger partial charge in [0, 0.05) is 28.8 Å². The zero-order valence-electron chi connectivity index (χ0n) is 12.0. The number of fused-ring (bicyclic) bond motifs is 1. The fourth-order valence-electron chi connectivity index (χ4n) is 2.87. The zero-order valence-corrected chi connectivity index (χ0v) is 12.7. The summed E-state index contributed by atoms with van der Waals surface area (Å²) in [5.74, 6) is -0.392. The van der Waals surface area contributed by atoms with Gasteiger partial charge in [0.2, 0.25) is 0 Å². The predicted octanol–water partition coefficient (Wildman–Crippen LogP) is 4.44. The predicted molar refractivity (Wildman–Crippen MR) is 86.1 cm³/mol. The molecule has 0 saturated heterocycles. The largest absolute Gasteiger partial charge is 0.369 e. The molecule has 0 spiro atoms. The molecular formula is C17H12ClF2N3. The van der Waals surface area contributed by atoms with Crippen LogP contribution in [0.1, 0.15) is 5.56 Å². The maximum atomic E-state index is 14.1. The van der Waals surface area contributed by atoms with Crippen molar-refractivity contribution in [1.82, 2.24) is 9.78 Å². The van der Waals surface area contributed by atoms with E-state index in [4.69, 9.17) is 11.6 Å². The van der Waals surface area contributed by atoms with Crippen molar-refractivity contribution in [1.29, 1.82) is 0 Å². The second kappa shape index (κ2) is 5.35. The first-order chi connectivity index (χ1) is 11.1. The Morgan fingerprint density at radius 3 is 2.78 bits per heavy atom. The molecule has 116 valence electrons. The molecule has 3 nitrogen and oxygen atoms in total. The van der Waals surface area contributed by atoms with Gasteiger partial charge in [-0.2, -0.15) is 5.10 Å². The maximum absolute atomic E-state index is 14.1. The van der Waals surface area contributed by atoms with Crippen LogP contribution in [0.15, 0.2) is 42.5 Å². The Morgan fingerprint density at radius 1 is 1.13 bits per heavy atom. The molecule has 4 rings (SSSR count). The summed E-state index contributed by atoms with van der Waals surface area (Å²) in [5.41, 5.74) is 2.54. The van der Waals surface area contributed by atoms with Crippen LogP contribution in [0.3, 0.4) is 0 Å². The van der Waals surface area contributed by atoms with Gasteiger partial charge in [-0.3, -0.25) is 0 Å². The van der Waals surface area contributed by atoms with Crippen molar-refractivity contribution in [3.05, 3.63) is 64.7 Å². The smallest absolute Gasteiger partial charge is 0.135 e. The van der Waals surface area contributed by atoms with Gasteiger partial charge in [-0.05, 0) is 36.8 Å². The standard InChI is InChI=1S/C17H12ClF2N3/c18-10-2-1-3-12(8-10)23-17-14(6-7-21-17)16(22-23)13-5-4-11(19)9-15(13)20/h1-5,8-9,21H,6-7H2. The van der Waals surface area contributed by atoms with Crippen molar-refractivity contribution in [2.75, 3.05) is 11.9 Å². The highest BCUT2D eigenvalue weighted by Gasteiger charge is 2.25. The molecule has 0 amide bonds. The van der Waals surface area contributed by atoms with Gasteiger partial charge < -0.3 is 5.32 Å². The van der Waals surface area contributed by atoms with Gasteiger partial charge >= 0.3 is 0 Å². The van der Waals surface area contributed by atoms with Crippen LogP contribution in [0, 0.1) is 11.6 Å². The van der Waals surface area contributed by atoms with Crippen LogP contribution in [0.2, 0.25) is 5.02 Å². The van der Waals surface area contributed by atoms with Crippen molar-refractivity contribution >= 4 is 17.4 Å². The Bertz CT molecular complexity index is 905. The van der Waals surface area contributed by atoms with E-state index in [-0.39, 0.29) is 0 Å². The lowest BCUT2D eigenvalue weighted by Gasteiger charge is -2.06. The average Bonchev–Trinajstić information content (AvgIpc) is 3.10. The van der Waals surface area contributed by atoms with Gasteiger partial charge in [0.05, 0.1) is 5.69 Å². The highest BCUT2D eigenvalue weighted by molar-refractivity contribution is 6.30. The van der Waals surface area contributed by atoms with Crippen LogP contribution >= 0.6 is 11.6 Å². The van der Waals surface area contributed by atoms with Crippen LogP contribution in [0.25, 0.3) is 16.9 Å². The fourth-order valence-corrected chi connectivity index (χ4v) is 3.05. The summed E-state index contributed by atoms with van der Waals surface area (Å²) >= 11 is 6.05. The first kappa shape index (κ1) is 14.2. The van der Waals surface area contributed by atoms with Crippen LogP contribution in [0.5, 0.6) is 0 Å². The molecule has 23 heavy (non-hydrogen) atoms. The molecule has 0 unspecified atom stereocenters. The monoisotopic (exact) mass is 331 g/mol. The minimum atomic E-state index is -0.615. The molecule has 1 aliphatic heterocycles. The third kappa shape index (κ3) is 2.37. The van der Waals surface area contributed by atoms with E-state index in [0.717, 1.165) is 36.1 Å². The lowest BCUT2D eigenvalue weighted by atomic mass is 10.1. The summed E-state index contributed by atoms with van der Waals surface area (Å²) in [5, 5.41) is 8.40. The first-order valence-electron chi connectivity index (χ1n) is 7.20. The summed E-state index contributed by atoms with van der Waals surface area (Å²) in [6.45, 7) is 0.754. The van der Waals surface area contributed by atoms with E-state index in [0.29, 0.717) is 16.3 Å². The van der Waals surface area contributed by atoms with Crippen LogP contribution in [-0.4, -0.2) is 16.3 Å². The van der Waals surface area contributed by atoms with Gasteiger partial charge in [0.15, 0.2) is 0 Å². The van der Waals surface area contributed by atoms with E-state index in [9.17, 15) is 8.78 Å². The Balaban J connectivity index is 1.91. The molecule has 6 heteroatoms. The summed E-state index contributed by atoms with van der Waals surface area (Å²) in [4.78, 5) is 0. The fraction of sp³-hybridized carbons (Fsp3) is 0.118. The van der Waals surface area contributed by atoms with Crippen LogP contribution in [-0.2, 0) is 6.42 Å². The van der Waals surface area contributed by atoms with Gasteiger partial charge in [0.25, 0.3) is 0 Å². The number of benzene rings is 2. The number of hydrogen-bond acceptors (Lipinski definition) is 2. The van der Waals surface area contributed by atoms with Crippen LogP contribution < -0.4 is 5.32 Å². The summed E-state index contributed by atoms with van der Waals surface area (Å²) in [6.07, 6.45) is 0.738. The molecule has 2 heterocycles. The van der Waals surface area contributed by atoms with Gasteiger partial charge in [-0.15, -0.1) is 0 Å². The molecule has 0 bridgehead atoms. The zero-order chi connectivity index (χ0) is 16.0. The van der Waals surface area contributed by atoms with E-state index in [1.807, 2.05) is 12.1 Å². The Hall–Kier alpha value is -2.40. The third-order valence-electron chi connectivity index (χ3n) is 3.89. The van der Waals surface area contributed by atoms with Crippen LogP contribution in [0.4, 0.5) is 14.6 Å². The van der Waals surface area contributed by atoms with Gasteiger partial charge in [-0.1, -0.05) is 17.7 Å². The van der Waals surface area contributed by atoms with Crippen molar-refractivity contribution in [3.63, 3.8) is 0 Å². The lowest BCUT2D eigenvalue weighted by Crippen LogP contribution is -2.04. The second-order valence-electron chi connectivity index (χ2n) is 5.37. The highest BCUT2D eigenvalue weighted by atomic mass is 35.5. The normalized spacial score (nSPS) is 13.0. The summed E-state index contributed by atoms with van der Waals surface area (Å²) in [7, 11) is 0. The van der Waals surface area contributed by atoms with E-state index >= 15 is 0 Å². The molecule has 0 saturated carbocycles. The summed E-state index contributed by atoms with van der Waals surface area (Å²) in [6, 6.07) is 10.8. The van der Waals surface area contributed by atoms with Crippen molar-refractivity contribution < 1.29 is 8.78 Å². The van der Waals surface area contributed by atoms with Gasteiger partial charge in [-0.25, -0.2) is 13.5 Å². The molecule has 0 radical (unpaired) electrons. The minimum Gasteiger partial charge on any atom is -0.369 e. The highest BCUT2D eigenvalue weighted by Crippen LogP contribution is 2.36. The van der Waals surface area contributed by atoms with E-state index in [1.165, 1.54) is 12.1 Å². The Kier molecular flexibility index (Phi) is 3.31. The molecule has 0 fully saturated rings.